The largest absolute Gasteiger partial charge is 0.465 e. The lowest BCUT2D eigenvalue weighted by molar-refractivity contribution is 0.0600. The molecule has 0 N–H and O–H groups in total. The number of esters is 1. The summed E-state index contributed by atoms with van der Waals surface area (Å²) in [5, 5.41) is 0. The van der Waals surface area contributed by atoms with Gasteiger partial charge < -0.3 is 4.74 Å². The van der Waals surface area contributed by atoms with E-state index in [0.29, 0.717) is 17.5 Å². The summed E-state index contributed by atoms with van der Waals surface area (Å²) in [6, 6.07) is 17.2. The standard InChI is InChI=1S/C23H28N2O2/c1-16-6-4-5-7-20(16)22-21-15-25(14-19(21)13-24(22)2)12-17-8-10-18(11-9-17)23(26)27-3/h4-11,19,21-22H,12-15H2,1-3H3/t19-,21+,22+/m0/s1. The molecule has 2 fully saturated rings. The molecular weight excluding hydrogens is 336 g/mol. The second-order valence-electron chi connectivity index (χ2n) is 8.05. The topological polar surface area (TPSA) is 32.8 Å². The summed E-state index contributed by atoms with van der Waals surface area (Å²) in [6.45, 7) is 6.62. The minimum absolute atomic E-state index is 0.277. The maximum Gasteiger partial charge on any atom is 0.337 e. The van der Waals surface area contributed by atoms with Crippen LogP contribution in [0.25, 0.3) is 0 Å². The molecule has 4 nitrogen and oxygen atoms in total. The lowest BCUT2D eigenvalue weighted by Gasteiger charge is -2.28. The van der Waals surface area contributed by atoms with Crippen LogP contribution in [0.5, 0.6) is 0 Å². The number of nitrogens with zero attached hydrogens (tertiary/aromatic N) is 2. The SMILES string of the molecule is COC(=O)c1ccc(CN2C[C@@H]3CN(C)[C@H](c4ccccc4C)[C@@H]3C2)cc1. The van der Waals surface area contributed by atoms with Crippen molar-refractivity contribution in [1.29, 1.82) is 0 Å². The van der Waals surface area contributed by atoms with E-state index >= 15 is 0 Å². The van der Waals surface area contributed by atoms with Gasteiger partial charge in [-0.05, 0) is 54.6 Å². The van der Waals surface area contributed by atoms with Gasteiger partial charge in [-0.2, -0.15) is 0 Å². The molecule has 4 rings (SSSR count). The van der Waals surface area contributed by atoms with Crippen molar-refractivity contribution in [2.24, 2.45) is 11.8 Å². The Morgan fingerprint density at radius 1 is 1.07 bits per heavy atom. The summed E-state index contributed by atoms with van der Waals surface area (Å²) < 4.78 is 4.78. The van der Waals surface area contributed by atoms with Crippen LogP contribution in [0.15, 0.2) is 48.5 Å². The third-order valence-electron chi connectivity index (χ3n) is 6.26. The number of aryl methyl sites for hydroxylation is 1. The van der Waals surface area contributed by atoms with E-state index in [1.54, 1.807) is 0 Å². The molecular formula is C23H28N2O2. The van der Waals surface area contributed by atoms with Gasteiger partial charge >= 0.3 is 5.97 Å². The van der Waals surface area contributed by atoms with Crippen LogP contribution in [0.2, 0.25) is 0 Å². The molecule has 0 aromatic heterocycles. The third kappa shape index (κ3) is 3.52. The van der Waals surface area contributed by atoms with Gasteiger partial charge in [-0.25, -0.2) is 4.79 Å². The van der Waals surface area contributed by atoms with Crippen LogP contribution in [-0.2, 0) is 11.3 Å². The van der Waals surface area contributed by atoms with E-state index in [-0.39, 0.29) is 5.97 Å². The van der Waals surface area contributed by atoms with Crippen LogP contribution >= 0.6 is 0 Å². The van der Waals surface area contributed by atoms with Crippen molar-refractivity contribution in [2.75, 3.05) is 33.8 Å². The van der Waals surface area contributed by atoms with Crippen LogP contribution in [0.3, 0.4) is 0 Å². The van der Waals surface area contributed by atoms with E-state index in [2.05, 4.69) is 48.0 Å². The first-order valence-corrected chi connectivity index (χ1v) is 9.72. The molecule has 142 valence electrons. The van der Waals surface area contributed by atoms with Crippen molar-refractivity contribution >= 4 is 5.97 Å². The Kier molecular flexibility index (Phi) is 5.02. The van der Waals surface area contributed by atoms with E-state index in [0.717, 1.165) is 25.6 Å². The highest BCUT2D eigenvalue weighted by atomic mass is 16.5. The van der Waals surface area contributed by atoms with Gasteiger partial charge in [0.25, 0.3) is 0 Å². The summed E-state index contributed by atoms with van der Waals surface area (Å²) in [4.78, 5) is 16.7. The molecule has 2 saturated heterocycles. The molecule has 0 bridgehead atoms. The average Bonchev–Trinajstić information content (AvgIpc) is 3.18. The molecule has 3 atom stereocenters. The van der Waals surface area contributed by atoms with Crippen molar-refractivity contribution < 1.29 is 9.53 Å². The van der Waals surface area contributed by atoms with Gasteiger partial charge in [-0.3, -0.25) is 9.80 Å². The van der Waals surface area contributed by atoms with Crippen molar-refractivity contribution in [3.05, 3.63) is 70.8 Å². The minimum Gasteiger partial charge on any atom is -0.465 e. The van der Waals surface area contributed by atoms with Crippen molar-refractivity contribution in [3.63, 3.8) is 0 Å². The minimum atomic E-state index is -0.277. The number of ether oxygens (including phenoxy) is 1. The van der Waals surface area contributed by atoms with E-state index in [4.69, 9.17) is 4.74 Å². The number of fused-ring (bicyclic) bond motifs is 1. The van der Waals surface area contributed by atoms with Crippen LogP contribution in [0.4, 0.5) is 0 Å². The smallest absolute Gasteiger partial charge is 0.337 e. The molecule has 27 heavy (non-hydrogen) atoms. The fraction of sp³-hybridized carbons (Fsp3) is 0.435. The highest BCUT2D eigenvalue weighted by Gasteiger charge is 2.46. The summed E-state index contributed by atoms with van der Waals surface area (Å²) in [7, 11) is 3.69. The van der Waals surface area contributed by atoms with Crippen molar-refractivity contribution in [1.82, 2.24) is 9.80 Å². The van der Waals surface area contributed by atoms with E-state index in [1.807, 2.05) is 24.3 Å². The van der Waals surface area contributed by atoms with Gasteiger partial charge in [0.05, 0.1) is 12.7 Å². The number of hydrogen-bond acceptors (Lipinski definition) is 4. The van der Waals surface area contributed by atoms with Gasteiger partial charge in [0.15, 0.2) is 0 Å². The second-order valence-corrected chi connectivity index (χ2v) is 8.05. The fourth-order valence-electron chi connectivity index (χ4n) is 4.99. The predicted molar refractivity (Wildman–Crippen MR) is 107 cm³/mol. The molecule has 0 unspecified atom stereocenters. The Hall–Kier alpha value is -2.17. The third-order valence-corrected chi connectivity index (χ3v) is 6.26. The normalized spacial score (nSPS) is 25.5. The van der Waals surface area contributed by atoms with Crippen LogP contribution in [-0.4, -0.2) is 49.6 Å². The number of methoxy groups -OCH3 is 1. The maximum atomic E-state index is 11.6. The van der Waals surface area contributed by atoms with Gasteiger partial charge in [0, 0.05) is 32.2 Å². The average molecular weight is 364 g/mol. The number of rotatable bonds is 4. The summed E-state index contributed by atoms with van der Waals surface area (Å²) in [5.74, 6) is 1.14. The Morgan fingerprint density at radius 3 is 2.52 bits per heavy atom. The number of carbonyl (C=O) groups is 1. The lowest BCUT2D eigenvalue weighted by Crippen LogP contribution is -2.29. The highest BCUT2D eigenvalue weighted by Crippen LogP contribution is 2.45. The Bertz CT molecular complexity index is 817. The predicted octanol–water partition coefficient (Wildman–Crippen LogP) is 3.52. The fourth-order valence-corrected chi connectivity index (χ4v) is 4.99. The van der Waals surface area contributed by atoms with Gasteiger partial charge in [-0.15, -0.1) is 0 Å². The Morgan fingerprint density at radius 2 is 1.81 bits per heavy atom. The first-order valence-electron chi connectivity index (χ1n) is 9.72. The maximum absolute atomic E-state index is 11.6. The Labute approximate surface area is 161 Å². The molecule has 0 spiro atoms. The first kappa shape index (κ1) is 18.2. The molecule has 2 heterocycles. The Balaban J connectivity index is 1.45. The second kappa shape index (κ2) is 7.45. The van der Waals surface area contributed by atoms with Gasteiger partial charge in [-0.1, -0.05) is 36.4 Å². The summed E-state index contributed by atoms with van der Waals surface area (Å²) >= 11 is 0. The number of carbonyl (C=O) groups excluding carboxylic acids is 1. The molecule has 0 amide bonds. The highest BCUT2D eigenvalue weighted by molar-refractivity contribution is 5.89. The van der Waals surface area contributed by atoms with Crippen LogP contribution in [0, 0.1) is 18.8 Å². The molecule has 2 aliphatic heterocycles. The monoisotopic (exact) mass is 364 g/mol. The molecule has 2 aromatic carbocycles. The van der Waals surface area contributed by atoms with Crippen molar-refractivity contribution in [2.45, 2.75) is 19.5 Å². The van der Waals surface area contributed by atoms with Gasteiger partial charge in [0.2, 0.25) is 0 Å². The van der Waals surface area contributed by atoms with Gasteiger partial charge in [0.1, 0.15) is 0 Å². The van der Waals surface area contributed by atoms with Crippen LogP contribution in [0.1, 0.15) is 33.1 Å². The molecule has 0 radical (unpaired) electrons. The first-order chi connectivity index (χ1) is 13.1. The summed E-state index contributed by atoms with van der Waals surface area (Å²) in [5.41, 5.74) is 4.74. The lowest BCUT2D eigenvalue weighted by atomic mass is 9.88. The number of hydrogen-bond donors (Lipinski definition) is 0. The van der Waals surface area contributed by atoms with E-state index in [9.17, 15) is 4.79 Å². The zero-order valence-electron chi connectivity index (χ0n) is 16.4. The quantitative estimate of drug-likeness (QED) is 0.777. The molecule has 0 aliphatic carbocycles. The zero-order valence-corrected chi connectivity index (χ0v) is 16.4. The molecule has 0 saturated carbocycles. The molecule has 4 heteroatoms. The number of benzene rings is 2. The molecule has 2 aliphatic rings. The van der Waals surface area contributed by atoms with Crippen LogP contribution < -0.4 is 0 Å². The van der Waals surface area contributed by atoms with Crippen molar-refractivity contribution in [3.8, 4) is 0 Å². The zero-order chi connectivity index (χ0) is 19.0. The number of likely N-dealkylation sites (tertiary alicyclic amines) is 2. The summed E-state index contributed by atoms with van der Waals surface area (Å²) in [6.07, 6.45) is 0. The van der Waals surface area contributed by atoms with E-state index in [1.165, 1.54) is 30.3 Å². The van der Waals surface area contributed by atoms with E-state index < -0.39 is 0 Å². The molecule has 2 aromatic rings.